The maximum absolute atomic E-state index is 13.3. The number of carbonyl (C=O) groups is 1. The fraction of sp³-hybridized carbons (Fsp3) is 0.609. The molecule has 2 aromatic rings. The lowest BCUT2D eigenvalue weighted by Crippen LogP contribution is -2.53. The van der Waals surface area contributed by atoms with Crippen LogP contribution in [-0.2, 0) is 16.3 Å². The van der Waals surface area contributed by atoms with E-state index in [0.29, 0.717) is 37.1 Å². The second-order valence-corrected chi connectivity index (χ2v) is 12.1. The lowest BCUT2D eigenvalue weighted by molar-refractivity contribution is -0.127. The molecule has 1 aliphatic carbocycles. The molecule has 8 nitrogen and oxygen atoms in total. The summed E-state index contributed by atoms with van der Waals surface area (Å²) in [4.78, 5) is 21.1. The van der Waals surface area contributed by atoms with Crippen LogP contribution in [0.1, 0.15) is 59.9 Å². The van der Waals surface area contributed by atoms with Crippen LogP contribution in [0, 0.1) is 0 Å². The minimum absolute atomic E-state index is 0.0610. The van der Waals surface area contributed by atoms with E-state index in [0.717, 1.165) is 18.4 Å². The molecule has 2 unspecified atom stereocenters. The zero-order valence-corrected chi connectivity index (χ0v) is 19.9. The third-order valence-corrected chi connectivity index (χ3v) is 8.55. The van der Waals surface area contributed by atoms with Gasteiger partial charge in [-0.25, -0.2) is 13.2 Å². The Balaban J connectivity index is 1.36. The Kier molecular flexibility index (Phi) is 6.27. The van der Waals surface area contributed by atoms with E-state index in [9.17, 15) is 26.4 Å². The van der Waals surface area contributed by atoms with Crippen molar-refractivity contribution in [2.75, 3.05) is 37.7 Å². The van der Waals surface area contributed by atoms with Crippen molar-refractivity contribution in [2.45, 2.75) is 49.6 Å². The molecular formula is C23H27F3N4O4S. The van der Waals surface area contributed by atoms with E-state index < -0.39 is 22.4 Å². The molecule has 0 radical (unpaired) electrons. The predicted molar refractivity (Wildman–Crippen MR) is 120 cm³/mol. The van der Waals surface area contributed by atoms with E-state index in [1.165, 1.54) is 12.1 Å². The number of benzene rings is 1. The van der Waals surface area contributed by atoms with Gasteiger partial charge < -0.3 is 14.3 Å². The number of alkyl halides is 3. The second-order valence-electron chi connectivity index (χ2n) is 9.75. The Morgan fingerprint density at radius 3 is 2.29 bits per heavy atom. The molecule has 12 heteroatoms. The summed E-state index contributed by atoms with van der Waals surface area (Å²) < 4.78 is 67.4. The Bertz CT molecular complexity index is 1160. The highest BCUT2D eigenvalue weighted by Gasteiger charge is 2.38. The molecule has 3 aliphatic rings. The number of amides is 2. The number of piperidine rings is 1. The van der Waals surface area contributed by atoms with Crippen LogP contribution < -0.4 is 0 Å². The van der Waals surface area contributed by atoms with E-state index >= 15 is 0 Å². The number of urea groups is 1. The highest BCUT2D eigenvalue weighted by atomic mass is 32.2. The molecule has 1 aromatic heterocycles. The summed E-state index contributed by atoms with van der Waals surface area (Å²) >= 11 is 0. The van der Waals surface area contributed by atoms with Gasteiger partial charge in [-0.05, 0) is 30.4 Å². The lowest BCUT2D eigenvalue weighted by Gasteiger charge is -2.40. The summed E-state index contributed by atoms with van der Waals surface area (Å²) in [5.74, 6) is 0.981. The third-order valence-electron chi connectivity index (χ3n) is 6.94. The van der Waals surface area contributed by atoms with Crippen LogP contribution >= 0.6 is 0 Å². The first-order valence-electron chi connectivity index (χ1n) is 11.8. The zero-order valence-electron chi connectivity index (χ0n) is 19.1. The topological polar surface area (TPSA) is 96.6 Å². The van der Waals surface area contributed by atoms with Crippen LogP contribution in [-0.4, -0.2) is 78.3 Å². The average Bonchev–Trinajstić information content (AvgIpc) is 3.54. The van der Waals surface area contributed by atoms with Gasteiger partial charge in [-0.15, -0.1) is 0 Å². The van der Waals surface area contributed by atoms with Crippen molar-refractivity contribution in [3.8, 4) is 0 Å². The Labute approximate surface area is 201 Å². The van der Waals surface area contributed by atoms with Gasteiger partial charge in [0.1, 0.15) is 0 Å². The summed E-state index contributed by atoms with van der Waals surface area (Å²) in [6, 6.07) is 6.09. The second kappa shape index (κ2) is 9.11. The van der Waals surface area contributed by atoms with Gasteiger partial charge in [-0.2, -0.15) is 18.2 Å². The third kappa shape index (κ3) is 5.79. The van der Waals surface area contributed by atoms with E-state index in [2.05, 4.69) is 10.1 Å². The molecule has 35 heavy (non-hydrogen) atoms. The summed E-state index contributed by atoms with van der Waals surface area (Å²) in [7, 11) is -3.13. The SMILES string of the molecule is O=C(N1CCS(=O)(=O)CC1)N1CC(c2ccc(CC(F)(F)F)cc2)CC(c2nc(C3CC3)no2)C1. The molecule has 1 saturated carbocycles. The maximum Gasteiger partial charge on any atom is 0.393 e. The minimum Gasteiger partial charge on any atom is -0.339 e. The van der Waals surface area contributed by atoms with Gasteiger partial charge in [0, 0.05) is 38.0 Å². The van der Waals surface area contributed by atoms with Gasteiger partial charge in [0.25, 0.3) is 0 Å². The fourth-order valence-electron chi connectivity index (χ4n) is 4.84. The molecule has 0 spiro atoms. The van der Waals surface area contributed by atoms with E-state index in [-0.39, 0.29) is 48.0 Å². The largest absolute Gasteiger partial charge is 0.393 e. The number of carbonyl (C=O) groups excluding carboxylic acids is 1. The summed E-state index contributed by atoms with van der Waals surface area (Å²) in [5.41, 5.74) is 1.02. The first kappa shape index (κ1) is 24.1. The number of hydrogen-bond acceptors (Lipinski definition) is 6. The molecule has 2 aliphatic heterocycles. The highest BCUT2D eigenvalue weighted by Crippen LogP contribution is 2.40. The molecule has 0 N–H and O–H groups in total. The van der Waals surface area contributed by atoms with Crippen molar-refractivity contribution in [1.29, 1.82) is 0 Å². The van der Waals surface area contributed by atoms with Crippen molar-refractivity contribution >= 4 is 15.9 Å². The molecule has 3 heterocycles. The molecule has 0 bridgehead atoms. The van der Waals surface area contributed by atoms with Crippen molar-refractivity contribution in [3.63, 3.8) is 0 Å². The predicted octanol–water partition coefficient (Wildman–Crippen LogP) is 3.48. The lowest BCUT2D eigenvalue weighted by atomic mass is 9.84. The summed E-state index contributed by atoms with van der Waals surface area (Å²) in [6.45, 7) is 1.02. The molecule has 2 amide bonds. The van der Waals surface area contributed by atoms with Crippen LogP contribution in [0.4, 0.5) is 18.0 Å². The summed E-state index contributed by atoms with van der Waals surface area (Å²) in [6.07, 6.45) is -2.60. The number of hydrogen-bond donors (Lipinski definition) is 0. The van der Waals surface area contributed by atoms with Crippen molar-refractivity contribution in [1.82, 2.24) is 19.9 Å². The molecule has 1 aromatic carbocycles. The zero-order chi connectivity index (χ0) is 24.8. The number of aromatic nitrogens is 2. The molecule has 190 valence electrons. The Morgan fingerprint density at radius 1 is 1.00 bits per heavy atom. The monoisotopic (exact) mass is 512 g/mol. The first-order chi connectivity index (χ1) is 16.6. The molecule has 2 saturated heterocycles. The smallest absolute Gasteiger partial charge is 0.339 e. The van der Waals surface area contributed by atoms with Crippen molar-refractivity contribution in [2.24, 2.45) is 0 Å². The van der Waals surface area contributed by atoms with E-state index in [1.807, 2.05) is 0 Å². The normalized spacial score (nSPS) is 25.0. The standard InChI is InChI=1S/C23H27F3N4O4S/c24-23(25,26)12-15-1-3-16(4-2-15)18-11-19(21-27-20(28-34-21)17-5-6-17)14-30(13-18)22(31)29-7-9-35(32,33)10-8-29/h1-4,17-19H,5-14H2. The van der Waals surface area contributed by atoms with Gasteiger partial charge in [0.15, 0.2) is 15.7 Å². The first-order valence-corrected chi connectivity index (χ1v) is 13.6. The molecule has 5 rings (SSSR count). The Morgan fingerprint density at radius 2 is 1.66 bits per heavy atom. The van der Waals surface area contributed by atoms with Gasteiger partial charge in [0.2, 0.25) is 5.89 Å². The van der Waals surface area contributed by atoms with E-state index in [1.54, 1.807) is 21.9 Å². The van der Waals surface area contributed by atoms with Crippen molar-refractivity contribution < 1.29 is 30.9 Å². The van der Waals surface area contributed by atoms with Crippen LogP contribution in [0.15, 0.2) is 28.8 Å². The number of likely N-dealkylation sites (tertiary alicyclic amines) is 1. The molecule has 2 atom stereocenters. The van der Waals surface area contributed by atoms with Crippen LogP contribution in [0.2, 0.25) is 0 Å². The number of nitrogens with zero attached hydrogens (tertiary/aromatic N) is 4. The molecule has 3 fully saturated rings. The summed E-state index contributed by atoms with van der Waals surface area (Å²) in [5, 5.41) is 4.10. The van der Waals surface area contributed by atoms with Crippen LogP contribution in [0.25, 0.3) is 0 Å². The quantitative estimate of drug-likeness (QED) is 0.623. The van der Waals surface area contributed by atoms with Crippen LogP contribution in [0.5, 0.6) is 0 Å². The molecular weight excluding hydrogens is 485 g/mol. The number of halogens is 3. The average molecular weight is 513 g/mol. The number of rotatable bonds is 4. The Hall–Kier alpha value is -2.63. The van der Waals surface area contributed by atoms with Gasteiger partial charge in [0.05, 0.1) is 23.8 Å². The van der Waals surface area contributed by atoms with Gasteiger partial charge >= 0.3 is 12.2 Å². The van der Waals surface area contributed by atoms with Crippen molar-refractivity contribution in [3.05, 3.63) is 47.1 Å². The van der Waals surface area contributed by atoms with Crippen LogP contribution in [0.3, 0.4) is 0 Å². The van der Waals surface area contributed by atoms with Gasteiger partial charge in [-0.3, -0.25) is 0 Å². The fourth-order valence-corrected chi connectivity index (χ4v) is 6.04. The van der Waals surface area contributed by atoms with E-state index in [4.69, 9.17) is 4.52 Å². The number of sulfone groups is 1. The van der Waals surface area contributed by atoms with Gasteiger partial charge in [-0.1, -0.05) is 29.4 Å². The maximum atomic E-state index is 13.3. The minimum atomic E-state index is -4.28. The highest BCUT2D eigenvalue weighted by molar-refractivity contribution is 7.91.